The summed E-state index contributed by atoms with van der Waals surface area (Å²) in [6.07, 6.45) is 5.19. The summed E-state index contributed by atoms with van der Waals surface area (Å²) < 4.78 is 0. The highest BCUT2D eigenvalue weighted by atomic mass is 32.1. The van der Waals surface area contributed by atoms with Crippen molar-refractivity contribution in [1.82, 2.24) is 9.80 Å². The van der Waals surface area contributed by atoms with Gasteiger partial charge in [-0.15, -0.1) is 0 Å². The summed E-state index contributed by atoms with van der Waals surface area (Å²) in [5.41, 5.74) is 0. The highest BCUT2D eigenvalue weighted by Crippen LogP contribution is 2.20. The minimum absolute atomic E-state index is 0.192. The maximum Gasteiger partial charge on any atom is 0.232 e. The van der Waals surface area contributed by atoms with Crippen molar-refractivity contribution < 1.29 is 4.79 Å². The maximum atomic E-state index is 11.5. The van der Waals surface area contributed by atoms with Crippen molar-refractivity contribution in [2.75, 3.05) is 31.9 Å². The summed E-state index contributed by atoms with van der Waals surface area (Å²) in [6.45, 7) is 4.32. The van der Waals surface area contributed by atoms with Gasteiger partial charge in [0.05, 0.1) is 5.75 Å². The van der Waals surface area contributed by atoms with Gasteiger partial charge in [0.2, 0.25) is 5.91 Å². The Bertz CT molecular complexity index is 229. The summed E-state index contributed by atoms with van der Waals surface area (Å²) in [4.78, 5) is 16.0. The maximum absolute atomic E-state index is 11.5. The Kier molecular flexibility index (Phi) is 3.92. The van der Waals surface area contributed by atoms with E-state index in [0.717, 1.165) is 19.5 Å². The van der Waals surface area contributed by atoms with E-state index >= 15 is 0 Å². The van der Waals surface area contributed by atoms with E-state index in [1.807, 2.05) is 4.90 Å². The first kappa shape index (κ1) is 11.3. The first-order valence-corrected chi connectivity index (χ1v) is 6.57. The second-order valence-corrected chi connectivity index (χ2v) is 4.85. The molecule has 1 amide bonds. The summed E-state index contributed by atoms with van der Waals surface area (Å²) in [6, 6.07) is 0.620. The number of carbonyl (C=O) groups is 1. The summed E-state index contributed by atoms with van der Waals surface area (Å²) in [7, 11) is 0. The van der Waals surface area contributed by atoms with Crippen LogP contribution in [-0.2, 0) is 4.79 Å². The molecule has 2 fully saturated rings. The molecule has 1 unspecified atom stereocenters. The molecule has 0 radical (unpaired) electrons. The fourth-order valence-electron chi connectivity index (χ4n) is 2.65. The number of rotatable bonds is 2. The van der Waals surface area contributed by atoms with E-state index in [-0.39, 0.29) is 5.91 Å². The Hall–Kier alpha value is -0.220. The van der Waals surface area contributed by atoms with Crippen LogP contribution < -0.4 is 0 Å². The lowest BCUT2D eigenvalue weighted by molar-refractivity contribution is -0.127. The SMILES string of the molecule is O=C(CS)N1CCC(N2CCCCC2)C1. The Morgan fingerprint density at radius 1 is 1.20 bits per heavy atom. The van der Waals surface area contributed by atoms with Crippen LogP contribution in [0.5, 0.6) is 0 Å². The number of piperidine rings is 1. The molecule has 0 aromatic carbocycles. The molecule has 4 heteroatoms. The van der Waals surface area contributed by atoms with Crippen molar-refractivity contribution in [3.05, 3.63) is 0 Å². The van der Waals surface area contributed by atoms with Crippen molar-refractivity contribution in [2.45, 2.75) is 31.7 Å². The molecule has 0 saturated carbocycles. The molecule has 15 heavy (non-hydrogen) atoms. The van der Waals surface area contributed by atoms with Gasteiger partial charge < -0.3 is 4.90 Å². The van der Waals surface area contributed by atoms with Crippen molar-refractivity contribution in [3.63, 3.8) is 0 Å². The molecule has 0 aliphatic carbocycles. The molecule has 0 spiro atoms. The van der Waals surface area contributed by atoms with E-state index in [0.29, 0.717) is 11.8 Å². The third-order valence-corrected chi connectivity index (χ3v) is 3.83. The van der Waals surface area contributed by atoms with Crippen molar-refractivity contribution in [3.8, 4) is 0 Å². The fourth-order valence-corrected chi connectivity index (χ4v) is 2.85. The molecular weight excluding hydrogens is 208 g/mol. The molecule has 0 aromatic rings. The van der Waals surface area contributed by atoms with E-state index < -0.39 is 0 Å². The zero-order chi connectivity index (χ0) is 10.7. The van der Waals surface area contributed by atoms with Gasteiger partial charge in [0.15, 0.2) is 0 Å². The van der Waals surface area contributed by atoms with Crippen LogP contribution >= 0.6 is 12.6 Å². The monoisotopic (exact) mass is 228 g/mol. The number of amides is 1. The molecule has 1 atom stereocenters. The number of thiol groups is 1. The zero-order valence-electron chi connectivity index (χ0n) is 9.19. The third kappa shape index (κ3) is 2.67. The van der Waals surface area contributed by atoms with E-state index in [9.17, 15) is 4.79 Å². The predicted octanol–water partition coefficient (Wildman–Crippen LogP) is 1.00. The van der Waals surface area contributed by atoms with Gasteiger partial charge in [-0.2, -0.15) is 12.6 Å². The average Bonchev–Trinajstić information content (AvgIpc) is 2.78. The summed E-state index contributed by atoms with van der Waals surface area (Å²) in [5, 5.41) is 0. The largest absolute Gasteiger partial charge is 0.340 e. The molecule has 0 bridgehead atoms. The Morgan fingerprint density at radius 2 is 1.93 bits per heavy atom. The van der Waals surface area contributed by atoms with Gasteiger partial charge in [0.1, 0.15) is 0 Å². The molecule has 0 N–H and O–H groups in total. The lowest BCUT2D eigenvalue weighted by Crippen LogP contribution is -2.41. The van der Waals surface area contributed by atoms with Gasteiger partial charge in [0.25, 0.3) is 0 Å². The highest BCUT2D eigenvalue weighted by Gasteiger charge is 2.30. The molecular formula is C11H20N2OS. The number of hydrogen-bond acceptors (Lipinski definition) is 3. The second-order valence-electron chi connectivity index (χ2n) is 4.54. The fraction of sp³-hybridized carbons (Fsp3) is 0.909. The molecule has 2 saturated heterocycles. The van der Waals surface area contributed by atoms with Gasteiger partial charge in [-0.25, -0.2) is 0 Å². The summed E-state index contributed by atoms with van der Waals surface area (Å²) >= 11 is 4.04. The highest BCUT2D eigenvalue weighted by molar-refractivity contribution is 7.81. The molecule has 2 heterocycles. The van der Waals surface area contributed by atoms with Crippen molar-refractivity contribution in [2.24, 2.45) is 0 Å². The van der Waals surface area contributed by atoms with Crippen LogP contribution in [-0.4, -0.2) is 53.7 Å². The second kappa shape index (κ2) is 5.21. The van der Waals surface area contributed by atoms with Crippen molar-refractivity contribution >= 4 is 18.5 Å². The third-order valence-electron chi connectivity index (χ3n) is 3.56. The standard InChI is InChI=1S/C11H20N2OS/c14-11(9-15)13-7-4-10(8-13)12-5-2-1-3-6-12/h10,15H,1-9H2. The van der Waals surface area contributed by atoms with Gasteiger partial charge in [-0.05, 0) is 32.4 Å². The first-order chi connectivity index (χ1) is 7.31. The molecule has 2 aliphatic rings. The van der Waals surface area contributed by atoms with Gasteiger partial charge in [0, 0.05) is 19.1 Å². The van der Waals surface area contributed by atoms with Gasteiger partial charge in [-0.3, -0.25) is 9.69 Å². The first-order valence-electron chi connectivity index (χ1n) is 5.94. The Morgan fingerprint density at radius 3 is 2.60 bits per heavy atom. The van der Waals surface area contributed by atoms with Crippen LogP contribution in [0.3, 0.4) is 0 Å². The zero-order valence-corrected chi connectivity index (χ0v) is 10.1. The Labute approximate surface area is 97.2 Å². The van der Waals surface area contributed by atoms with E-state index in [4.69, 9.17) is 0 Å². The average molecular weight is 228 g/mol. The minimum Gasteiger partial charge on any atom is -0.340 e. The predicted molar refractivity (Wildman–Crippen MR) is 64.3 cm³/mol. The molecule has 3 nitrogen and oxygen atoms in total. The van der Waals surface area contributed by atoms with Crippen LogP contribution in [0.1, 0.15) is 25.7 Å². The van der Waals surface area contributed by atoms with Crippen LogP contribution in [0.25, 0.3) is 0 Å². The molecule has 2 rings (SSSR count). The van der Waals surface area contributed by atoms with Crippen molar-refractivity contribution in [1.29, 1.82) is 0 Å². The normalized spacial score (nSPS) is 28.3. The molecule has 2 aliphatic heterocycles. The van der Waals surface area contributed by atoms with Gasteiger partial charge in [-0.1, -0.05) is 6.42 Å². The van der Waals surface area contributed by atoms with Crippen LogP contribution in [0.4, 0.5) is 0 Å². The number of nitrogens with zero attached hydrogens (tertiary/aromatic N) is 2. The molecule has 0 aromatic heterocycles. The smallest absolute Gasteiger partial charge is 0.232 e. The Balaban J connectivity index is 1.83. The van der Waals surface area contributed by atoms with E-state index in [1.165, 1.54) is 32.4 Å². The summed E-state index contributed by atoms with van der Waals surface area (Å²) in [5.74, 6) is 0.546. The van der Waals surface area contributed by atoms with Crippen LogP contribution in [0, 0.1) is 0 Å². The topological polar surface area (TPSA) is 23.6 Å². The quantitative estimate of drug-likeness (QED) is 0.713. The number of likely N-dealkylation sites (tertiary alicyclic amines) is 2. The van der Waals surface area contributed by atoms with Crippen LogP contribution in [0.2, 0.25) is 0 Å². The number of carbonyl (C=O) groups excluding carboxylic acids is 1. The number of hydrogen-bond donors (Lipinski definition) is 1. The van der Waals surface area contributed by atoms with Gasteiger partial charge >= 0.3 is 0 Å². The van der Waals surface area contributed by atoms with E-state index in [2.05, 4.69) is 17.5 Å². The lowest BCUT2D eigenvalue weighted by atomic mass is 10.1. The van der Waals surface area contributed by atoms with E-state index in [1.54, 1.807) is 0 Å². The minimum atomic E-state index is 0.192. The molecule has 86 valence electrons. The lowest BCUT2D eigenvalue weighted by Gasteiger charge is -2.32. The van der Waals surface area contributed by atoms with Crippen LogP contribution in [0.15, 0.2) is 0 Å².